The summed E-state index contributed by atoms with van der Waals surface area (Å²) < 4.78 is 0. The van der Waals surface area contributed by atoms with Gasteiger partial charge in [-0.2, -0.15) is 0 Å². The fourth-order valence-corrected chi connectivity index (χ4v) is 8.05. The Labute approximate surface area is 327 Å². The second-order valence-electron chi connectivity index (χ2n) is 14.1. The minimum Gasteiger partial charge on any atom is -0.314 e. The molecule has 0 radical (unpaired) electrons. The molecule has 1 heterocycles. The molecule has 0 saturated carbocycles. The normalized spacial score (nSPS) is 12.5. The van der Waals surface area contributed by atoms with Crippen molar-refractivity contribution in [2.24, 2.45) is 0 Å². The number of rotatable bonds is 8. The summed E-state index contributed by atoms with van der Waals surface area (Å²) in [5.41, 5.74) is 12.2. The Bertz CT molecular complexity index is 2850. The minimum absolute atomic E-state index is 0.861. The van der Waals surface area contributed by atoms with Crippen LogP contribution in [0.15, 0.2) is 212 Å². The van der Waals surface area contributed by atoms with Crippen LogP contribution in [0, 0.1) is 0 Å². The van der Waals surface area contributed by atoms with Gasteiger partial charge in [-0.05, 0) is 90.4 Å². The van der Waals surface area contributed by atoms with Gasteiger partial charge in [-0.3, -0.25) is 0 Å². The van der Waals surface area contributed by atoms with Gasteiger partial charge in [-0.1, -0.05) is 140 Å². The van der Waals surface area contributed by atoms with Gasteiger partial charge in [0.1, 0.15) is 0 Å². The lowest BCUT2D eigenvalue weighted by molar-refractivity contribution is 0.918. The van der Waals surface area contributed by atoms with Gasteiger partial charge in [-0.25, -0.2) is 9.97 Å². The van der Waals surface area contributed by atoms with Crippen LogP contribution in [0.5, 0.6) is 0 Å². The third kappa shape index (κ3) is 6.08. The lowest BCUT2D eigenvalue weighted by Gasteiger charge is -2.29. The van der Waals surface area contributed by atoms with Crippen LogP contribution in [0.3, 0.4) is 0 Å². The molecule has 1 aliphatic rings. The Morgan fingerprint density at radius 3 is 1.21 bits per heavy atom. The highest BCUT2D eigenvalue weighted by Gasteiger charge is 2.22. The minimum atomic E-state index is 0.861. The molecule has 1 aromatic heterocycles. The predicted octanol–water partition coefficient (Wildman–Crippen LogP) is 14.1. The van der Waals surface area contributed by atoms with E-state index in [-0.39, 0.29) is 0 Å². The Hall–Kier alpha value is -7.30. The smallest absolute Gasteiger partial charge is 0.0980 e. The molecule has 0 fully saturated rings. The topological polar surface area (TPSA) is 32.3 Å². The van der Waals surface area contributed by atoms with Gasteiger partial charge in [0.15, 0.2) is 0 Å². The SMILES string of the molecule is C1=CCCC(N(c2ccccc2)c2ccc3c4ccc(N(c5ccccc5)c5ccccc5)cc4c4nc(-c5ccccc5)c(-c5ccccc5)nc4c3c2)=C1. The Balaban J connectivity index is 1.30. The van der Waals surface area contributed by atoms with E-state index in [1.54, 1.807) is 0 Å². The summed E-state index contributed by atoms with van der Waals surface area (Å²) in [6.07, 6.45) is 8.62. The summed E-state index contributed by atoms with van der Waals surface area (Å²) in [6, 6.07) is 66.4. The predicted molar refractivity (Wildman–Crippen MR) is 235 cm³/mol. The molecule has 56 heavy (non-hydrogen) atoms. The highest BCUT2D eigenvalue weighted by molar-refractivity contribution is 6.24. The van der Waals surface area contributed by atoms with Crippen LogP contribution in [0.25, 0.3) is 55.1 Å². The van der Waals surface area contributed by atoms with Gasteiger partial charge >= 0.3 is 0 Å². The zero-order valence-electron chi connectivity index (χ0n) is 30.8. The molecular weight excluding hydrogens is 681 g/mol. The van der Waals surface area contributed by atoms with Crippen molar-refractivity contribution in [3.63, 3.8) is 0 Å². The van der Waals surface area contributed by atoms with Crippen LogP contribution >= 0.6 is 0 Å². The van der Waals surface area contributed by atoms with Crippen molar-refractivity contribution >= 4 is 61.0 Å². The van der Waals surface area contributed by atoms with Gasteiger partial charge in [0.05, 0.1) is 22.4 Å². The number of hydrogen-bond donors (Lipinski definition) is 0. The first-order valence-electron chi connectivity index (χ1n) is 19.2. The number of benzene rings is 8. The molecule has 0 unspecified atom stereocenters. The molecule has 4 nitrogen and oxygen atoms in total. The summed E-state index contributed by atoms with van der Waals surface area (Å²) >= 11 is 0. The average Bonchev–Trinajstić information content (AvgIpc) is 3.28. The van der Waals surface area contributed by atoms with Crippen LogP contribution in [0.2, 0.25) is 0 Å². The zero-order valence-corrected chi connectivity index (χ0v) is 30.8. The second kappa shape index (κ2) is 14.5. The first kappa shape index (κ1) is 33.3. The molecule has 0 N–H and O–H groups in total. The third-order valence-corrected chi connectivity index (χ3v) is 10.6. The zero-order chi connectivity index (χ0) is 37.3. The van der Waals surface area contributed by atoms with Gasteiger partial charge in [-0.15, -0.1) is 0 Å². The van der Waals surface area contributed by atoms with E-state index in [0.29, 0.717) is 0 Å². The van der Waals surface area contributed by atoms with Crippen LogP contribution in [0.1, 0.15) is 12.8 Å². The average molecular weight is 719 g/mol. The molecule has 0 atom stereocenters. The van der Waals surface area contributed by atoms with E-state index >= 15 is 0 Å². The number of nitrogens with zero attached hydrogens (tertiary/aromatic N) is 4. The molecular formula is C52H38N4. The van der Waals surface area contributed by atoms with Gasteiger partial charge in [0.2, 0.25) is 0 Å². The third-order valence-electron chi connectivity index (χ3n) is 10.6. The Morgan fingerprint density at radius 1 is 0.375 bits per heavy atom. The summed E-state index contributed by atoms with van der Waals surface area (Å²) in [6.45, 7) is 0. The molecule has 0 aliphatic heterocycles. The van der Waals surface area contributed by atoms with Crippen LogP contribution in [-0.4, -0.2) is 9.97 Å². The molecule has 266 valence electrons. The molecule has 9 aromatic rings. The summed E-state index contributed by atoms with van der Waals surface area (Å²) in [5, 5.41) is 4.40. The van der Waals surface area contributed by atoms with E-state index in [0.717, 1.165) is 96.4 Å². The molecule has 1 aliphatic carbocycles. The molecule has 10 rings (SSSR count). The van der Waals surface area contributed by atoms with Crippen molar-refractivity contribution in [1.29, 1.82) is 0 Å². The van der Waals surface area contributed by atoms with E-state index < -0.39 is 0 Å². The van der Waals surface area contributed by atoms with Crippen LogP contribution < -0.4 is 9.80 Å². The van der Waals surface area contributed by atoms with E-state index in [4.69, 9.17) is 9.97 Å². The van der Waals surface area contributed by atoms with E-state index in [2.05, 4.69) is 216 Å². The maximum atomic E-state index is 5.66. The number of fused-ring (bicyclic) bond motifs is 6. The van der Waals surface area contributed by atoms with Crippen molar-refractivity contribution in [2.75, 3.05) is 9.80 Å². The van der Waals surface area contributed by atoms with Crippen molar-refractivity contribution in [3.05, 3.63) is 212 Å². The van der Waals surface area contributed by atoms with Crippen molar-refractivity contribution in [2.45, 2.75) is 12.8 Å². The molecule has 4 heteroatoms. The van der Waals surface area contributed by atoms with Crippen molar-refractivity contribution in [3.8, 4) is 22.5 Å². The van der Waals surface area contributed by atoms with E-state index in [1.807, 2.05) is 0 Å². The fourth-order valence-electron chi connectivity index (χ4n) is 8.05. The number of aromatic nitrogens is 2. The van der Waals surface area contributed by atoms with Gasteiger partial charge < -0.3 is 9.80 Å². The van der Waals surface area contributed by atoms with Crippen molar-refractivity contribution in [1.82, 2.24) is 9.97 Å². The molecule has 0 saturated heterocycles. The maximum Gasteiger partial charge on any atom is 0.0980 e. The molecule has 0 bridgehead atoms. The molecule has 0 amide bonds. The van der Waals surface area contributed by atoms with E-state index in [9.17, 15) is 0 Å². The Morgan fingerprint density at radius 2 is 0.786 bits per heavy atom. The fraction of sp³-hybridized carbons (Fsp3) is 0.0385. The molecule has 8 aromatic carbocycles. The monoisotopic (exact) mass is 718 g/mol. The first-order chi connectivity index (χ1) is 27.8. The molecule has 0 spiro atoms. The number of anilines is 5. The summed E-state index contributed by atoms with van der Waals surface area (Å²) in [4.78, 5) is 16.0. The number of allylic oxidation sites excluding steroid dienone is 4. The van der Waals surface area contributed by atoms with E-state index in [1.165, 1.54) is 5.70 Å². The second-order valence-corrected chi connectivity index (χ2v) is 14.1. The maximum absolute atomic E-state index is 5.66. The van der Waals surface area contributed by atoms with Crippen LogP contribution in [-0.2, 0) is 0 Å². The highest BCUT2D eigenvalue weighted by Crippen LogP contribution is 2.44. The summed E-state index contributed by atoms with van der Waals surface area (Å²) in [5.74, 6) is 0. The number of para-hydroxylation sites is 3. The number of hydrogen-bond acceptors (Lipinski definition) is 4. The lowest BCUT2D eigenvalue weighted by Crippen LogP contribution is -2.17. The highest BCUT2D eigenvalue weighted by atomic mass is 15.2. The van der Waals surface area contributed by atoms with Gasteiger partial charge in [0, 0.05) is 56.0 Å². The largest absolute Gasteiger partial charge is 0.314 e. The Kier molecular flexibility index (Phi) is 8.62. The standard InChI is InChI=1S/C52H38N4/c1-7-19-37(20-8-1)49-50(38-21-9-2-10-22-38)54-52-48-36-44(56(41-27-15-5-16-28-41)42-29-17-6-18-30-42)32-34-46(48)45-33-31-43(35-47(45)51(52)53-49)55(39-23-11-3-12-24-39)40-25-13-4-14-26-40/h1-17,19-29,31-36H,18,30H2. The van der Waals surface area contributed by atoms with Crippen molar-refractivity contribution < 1.29 is 0 Å². The summed E-state index contributed by atoms with van der Waals surface area (Å²) in [7, 11) is 0. The van der Waals surface area contributed by atoms with Crippen LogP contribution in [0.4, 0.5) is 28.4 Å². The lowest BCUT2D eigenvalue weighted by atomic mass is 9.96. The van der Waals surface area contributed by atoms with Gasteiger partial charge in [0.25, 0.3) is 0 Å². The quantitative estimate of drug-likeness (QED) is 0.146. The first-order valence-corrected chi connectivity index (χ1v) is 19.2.